The maximum Gasteiger partial charge on any atom is 0.410 e. The first kappa shape index (κ1) is 9.01. The topological polar surface area (TPSA) is 66.6 Å². The van der Waals surface area contributed by atoms with Crippen LogP contribution in [0, 0.1) is 0 Å². The van der Waals surface area contributed by atoms with Gasteiger partial charge in [-0.25, -0.2) is 9.78 Å². The van der Waals surface area contributed by atoms with Gasteiger partial charge in [-0.2, -0.15) is 0 Å². The van der Waals surface area contributed by atoms with Crippen LogP contribution in [0.25, 0.3) is 5.52 Å². The average Bonchev–Trinajstić information content (AvgIpc) is 2.42. The molecule has 0 aliphatic carbocycles. The zero-order chi connectivity index (χ0) is 10.1. The molecular formula is C8H6BrN3O2. The van der Waals surface area contributed by atoms with E-state index in [1.54, 1.807) is 16.8 Å². The molecule has 2 aromatic heterocycles. The Morgan fingerprint density at radius 2 is 2.36 bits per heavy atom. The summed E-state index contributed by atoms with van der Waals surface area (Å²) in [6.07, 6.45) is 3.90. The fourth-order valence-electron chi connectivity index (χ4n) is 1.15. The standard InChI is InChI=1S/C8H6BrN3O2/c9-5-1-6-2-10-7(11-8(13)14)4-12(6)3-5/h1-4,11H,(H,13,14). The molecule has 2 N–H and O–H groups in total. The molecule has 2 heterocycles. The summed E-state index contributed by atoms with van der Waals surface area (Å²) in [5, 5.41) is 10.7. The maximum absolute atomic E-state index is 10.3. The van der Waals surface area contributed by atoms with Crippen molar-refractivity contribution in [1.82, 2.24) is 9.38 Å². The molecule has 0 unspecified atom stereocenters. The van der Waals surface area contributed by atoms with Crippen LogP contribution in [0.1, 0.15) is 0 Å². The molecule has 2 rings (SSSR count). The van der Waals surface area contributed by atoms with Gasteiger partial charge in [0.05, 0.1) is 17.9 Å². The maximum atomic E-state index is 10.3. The fraction of sp³-hybridized carbons (Fsp3) is 0. The van der Waals surface area contributed by atoms with Crippen LogP contribution in [0.15, 0.2) is 29.1 Å². The average molecular weight is 256 g/mol. The van der Waals surface area contributed by atoms with Crippen molar-refractivity contribution in [2.45, 2.75) is 0 Å². The molecule has 2 aromatic rings. The molecule has 0 bridgehead atoms. The van der Waals surface area contributed by atoms with Crippen LogP contribution in [-0.2, 0) is 0 Å². The number of anilines is 1. The Kier molecular flexibility index (Phi) is 2.12. The minimum Gasteiger partial charge on any atom is -0.465 e. The Morgan fingerprint density at radius 1 is 1.57 bits per heavy atom. The highest BCUT2D eigenvalue weighted by Crippen LogP contribution is 2.16. The van der Waals surface area contributed by atoms with Crippen molar-refractivity contribution in [3.8, 4) is 0 Å². The fourth-order valence-corrected chi connectivity index (χ4v) is 1.61. The predicted octanol–water partition coefficient (Wildman–Crippen LogP) is 2.19. The summed E-state index contributed by atoms with van der Waals surface area (Å²) in [5.74, 6) is 0.299. The zero-order valence-corrected chi connectivity index (χ0v) is 8.52. The molecule has 0 aliphatic heterocycles. The van der Waals surface area contributed by atoms with Gasteiger partial charge >= 0.3 is 6.09 Å². The van der Waals surface area contributed by atoms with Crippen molar-refractivity contribution in [3.63, 3.8) is 0 Å². The number of hydrogen-bond acceptors (Lipinski definition) is 2. The van der Waals surface area contributed by atoms with E-state index < -0.39 is 6.09 Å². The van der Waals surface area contributed by atoms with Crippen LogP contribution >= 0.6 is 15.9 Å². The van der Waals surface area contributed by atoms with Gasteiger partial charge in [0, 0.05) is 10.7 Å². The molecule has 1 amide bonds. The van der Waals surface area contributed by atoms with Crippen molar-refractivity contribution in [1.29, 1.82) is 0 Å². The summed E-state index contributed by atoms with van der Waals surface area (Å²) in [5.41, 5.74) is 0.896. The highest BCUT2D eigenvalue weighted by atomic mass is 79.9. The molecule has 0 aliphatic rings. The van der Waals surface area contributed by atoms with Crippen molar-refractivity contribution >= 4 is 33.4 Å². The molecule has 0 radical (unpaired) electrons. The van der Waals surface area contributed by atoms with E-state index in [0.717, 1.165) is 9.99 Å². The zero-order valence-electron chi connectivity index (χ0n) is 6.94. The minimum atomic E-state index is -1.12. The first-order valence-electron chi connectivity index (χ1n) is 3.78. The lowest BCUT2D eigenvalue weighted by molar-refractivity contribution is 0.209. The third-order valence-corrected chi connectivity index (χ3v) is 2.11. The van der Waals surface area contributed by atoms with Gasteiger partial charge in [0.25, 0.3) is 0 Å². The molecule has 0 spiro atoms. The molecule has 0 saturated carbocycles. The highest BCUT2D eigenvalue weighted by Gasteiger charge is 2.01. The van der Waals surface area contributed by atoms with E-state index in [-0.39, 0.29) is 0 Å². The van der Waals surface area contributed by atoms with E-state index in [1.165, 1.54) is 0 Å². The number of amides is 1. The van der Waals surface area contributed by atoms with E-state index >= 15 is 0 Å². The van der Waals surface area contributed by atoms with Crippen molar-refractivity contribution in [2.75, 3.05) is 5.32 Å². The van der Waals surface area contributed by atoms with E-state index in [9.17, 15) is 4.79 Å². The smallest absolute Gasteiger partial charge is 0.410 e. The number of nitrogens with zero attached hydrogens (tertiary/aromatic N) is 2. The van der Waals surface area contributed by atoms with Crippen molar-refractivity contribution in [2.24, 2.45) is 0 Å². The second-order valence-corrected chi connectivity index (χ2v) is 3.61. The SMILES string of the molecule is O=C(O)Nc1cn2cc(Br)cc2cn1. The van der Waals surface area contributed by atoms with Gasteiger partial charge < -0.3 is 9.51 Å². The van der Waals surface area contributed by atoms with Crippen LogP contribution in [0.5, 0.6) is 0 Å². The quantitative estimate of drug-likeness (QED) is 0.821. The van der Waals surface area contributed by atoms with Gasteiger partial charge in [0.15, 0.2) is 5.82 Å². The summed E-state index contributed by atoms with van der Waals surface area (Å²) in [7, 11) is 0. The lowest BCUT2D eigenvalue weighted by Crippen LogP contribution is -2.09. The third kappa shape index (κ3) is 1.69. The van der Waals surface area contributed by atoms with Crippen LogP contribution in [-0.4, -0.2) is 20.6 Å². The largest absolute Gasteiger partial charge is 0.465 e. The number of nitrogens with one attached hydrogen (secondary N) is 1. The summed E-state index contributed by atoms with van der Waals surface area (Å²) in [4.78, 5) is 14.3. The lowest BCUT2D eigenvalue weighted by Gasteiger charge is -2.00. The number of carboxylic acid groups (broad SMARTS) is 1. The van der Waals surface area contributed by atoms with Gasteiger partial charge in [-0.3, -0.25) is 5.32 Å². The Hall–Kier alpha value is -1.56. The number of rotatable bonds is 1. The monoisotopic (exact) mass is 255 g/mol. The van der Waals surface area contributed by atoms with Crippen molar-refractivity contribution in [3.05, 3.63) is 29.1 Å². The molecule has 0 fully saturated rings. The number of fused-ring (bicyclic) bond motifs is 1. The highest BCUT2D eigenvalue weighted by molar-refractivity contribution is 9.10. The van der Waals surface area contributed by atoms with E-state index in [4.69, 9.17) is 5.11 Å². The Labute approximate surface area is 87.5 Å². The Balaban J connectivity index is 2.45. The van der Waals surface area contributed by atoms with Crippen molar-refractivity contribution < 1.29 is 9.90 Å². The number of hydrogen-bond donors (Lipinski definition) is 2. The predicted molar refractivity (Wildman–Crippen MR) is 54.5 cm³/mol. The number of halogens is 1. The molecule has 5 nitrogen and oxygen atoms in total. The van der Waals surface area contributed by atoms with Gasteiger partial charge in [-0.1, -0.05) is 0 Å². The normalized spacial score (nSPS) is 10.4. The summed E-state index contributed by atoms with van der Waals surface area (Å²) < 4.78 is 2.70. The second kappa shape index (κ2) is 3.30. The summed E-state index contributed by atoms with van der Waals surface area (Å²) in [6, 6.07) is 1.89. The molecular weight excluding hydrogens is 250 g/mol. The van der Waals surface area contributed by atoms with Crippen LogP contribution in [0.2, 0.25) is 0 Å². The first-order chi connectivity index (χ1) is 6.65. The summed E-state index contributed by atoms with van der Waals surface area (Å²) in [6.45, 7) is 0. The van der Waals surface area contributed by atoms with E-state index in [0.29, 0.717) is 5.82 Å². The second-order valence-electron chi connectivity index (χ2n) is 2.69. The van der Waals surface area contributed by atoms with Crippen LogP contribution < -0.4 is 5.32 Å². The Bertz CT molecular complexity index is 494. The van der Waals surface area contributed by atoms with Crippen LogP contribution in [0.3, 0.4) is 0 Å². The lowest BCUT2D eigenvalue weighted by atomic mass is 10.5. The van der Waals surface area contributed by atoms with E-state index in [1.807, 2.05) is 12.3 Å². The van der Waals surface area contributed by atoms with Gasteiger partial charge in [0.2, 0.25) is 0 Å². The third-order valence-electron chi connectivity index (χ3n) is 1.68. The molecule has 6 heteroatoms. The number of carbonyl (C=O) groups is 1. The van der Waals surface area contributed by atoms with Crippen LogP contribution in [0.4, 0.5) is 10.6 Å². The summed E-state index contributed by atoms with van der Waals surface area (Å²) >= 11 is 3.31. The first-order valence-corrected chi connectivity index (χ1v) is 4.57. The molecule has 14 heavy (non-hydrogen) atoms. The van der Waals surface area contributed by atoms with Gasteiger partial charge in [-0.05, 0) is 22.0 Å². The molecule has 72 valence electrons. The van der Waals surface area contributed by atoms with Gasteiger partial charge in [0.1, 0.15) is 0 Å². The Morgan fingerprint density at radius 3 is 3.07 bits per heavy atom. The van der Waals surface area contributed by atoms with Gasteiger partial charge in [-0.15, -0.1) is 0 Å². The van der Waals surface area contributed by atoms with E-state index in [2.05, 4.69) is 26.2 Å². The molecule has 0 atom stereocenters. The number of aromatic nitrogens is 2. The molecule has 0 saturated heterocycles. The molecule has 0 aromatic carbocycles. The minimum absolute atomic E-state index is 0.299.